The summed E-state index contributed by atoms with van der Waals surface area (Å²) < 4.78 is 10.4. The largest absolute Gasteiger partial charge is 0.463 e. The number of carbonyl (C=O) groups excluding carboxylic acids is 1. The molecule has 3 atom stereocenters. The fourth-order valence-electron chi connectivity index (χ4n) is 1.85. The minimum absolute atomic E-state index is 0.246. The number of hydrogen-bond donors (Lipinski definition) is 3. The molecule has 0 aliphatic carbocycles. The lowest BCUT2D eigenvalue weighted by Crippen LogP contribution is -2.31. The molecular formula is C13H26O6. The van der Waals surface area contributed by atoms with Crippen molar-refractivity contribution in [1.82, 2.24) is 0 Å². The molecule has 6 heteroatoms. The normalized spacial score (nSPS) is 16.2. The predicted molar refractivity (Wildman–Crippen MR) is 69.6 cm³/mol. The summed E-state index contributed by atoms with van der Waals surface area (Å²) in [5, 5.41) is 27.8. The lowest BCUT2D eigenvalue weighted by Gasteiger charge is -2.24. The summed E-state index contributed by atoms with van der Waals surface area (Å²) in [4.78, 5) is 10.8. The number of carbonyl (C=O) groups is 1. The Hall–Kier alpha value is -0.690. The highest BCUT2D eigenvalue weighted by Crippen LogP contribution is 2.14. The first-order valence-electron chi connectivity index (χ1n) is 6.65. The third-order valence-corrected chi connectivity index (χ3v) is 2.75. The van der Waals surface area contributed by atoms with Crippen molar-refractivity contribution in [3.63, 3.8) is 0 Å². The van der Waals surface area contributed by atoms with Gasteiger partial charge < -0.3 is 24.8 Å². The van der Waals surface area contributed by atoms with Crippen LogP contribution in [0.2, 0.25) is 0 Å². The van der Waals surface area contributed by atoms with E-state index in [0.29, 0.717) is 19.3 Å². The van der Waals surface area contributed by atoms with E-state index in [0.717, 1.165) is 0 Å². The highest BCUT2D eigenvalue weighted by atomic mass is 16.5. The summed E-state index contributed by atoms with van der Waals surface area (Å²) in [5.41, 5.74) is 0. The van der Waals surface area contributed by atoms with Crippen molar-refractivity contribution in [3.8, 4) is 0 Å². The Kier molecular flexibility index (Phi) is 9.77. The molecule has 0 amide bonds. The average Bonchev–Trinajstić information content (AvgIpc) is 2.32. The lowest BCUT2D eigenvalue weighted by atomic mass is 10.0. The minimum atomic E-state index is -0.655. The van der Waals surface area contributed by atoms with Gasteiger partial charge in [-0.25, -0.2) is 0 Å². The topological polar surface area (TPSA) is 96.2 Å². The van der Waals surface area contributed by atoms with Gasteiger partial charge in [-0.1, -0.05) is 6.92 Å². The monoisotopic (exact) mass is 278 g/mol. The van der Waals surface area contributed by atoms with Crippen LogP contribution in [0.4, 0.5) is 0 Å². The van der Waals surface area contributed by atoms with Crippen LogP contribution < -0.4 is 0 Å². The van der Waals surface area contributed by atoms with E-state index in [1.165, 1.54) is 6.92 Å². The van der Waals surface area contributed by atoms with E-state index < -0.39 is 12.2 Å². The van der Waals surface area contributed by atoms with Gasteiger partial charge in [0.15, 0.2) is 0 Å². The molecule has 0 saturated carbocycles. The second-order valence-corrected chi connectivity index (χ2v) is 4.70. The van der Waals surface area contributed by atoms with Gasteiger partial charge in [0, 0.05) is 13.3 Å². The first kappa shape index (κ1) is 18.3. The molecule has 0 aromatic rings. The van der Waals surface area contributed by atoms with Crippen LogP contribution in [0.1, 0.15) is 40.0 Å². The van der Waals surface area contributed by atoms with E-state index >= 15 is 0 Å². The Balaban J connectivity index is 4.11. The van der Waals surface area contributed by atoms with Crippen LogP contribution in [0.3, 0.4) is 0 Å². The molecule has 0 fully saturated rings. The van der Waals surface area contributed by atoms with Gasteiger partial charge >= 0.3 is 5.97 Å². The second kappa shape index (κ2) is 10.1. The van der Waals surface area contributed by atoms with E-state index in [1.54, 1.807) is 6.92 Å². The summed E-state index contributed by atoms with van der Waals surface area (Å²) in [6.07, 6.45) is -0.503. The lowest BCUT2D eigenvalue weighted by molar-refractivity contribution is -0.147. The zero-order valence-electron chi connectivity index (χ0n) is 11.9. The van der Waals surface area contributed by atoms with Gasteiger partial charge in [0.1, 0.15) is 12.2 Å². The Morgan fingerprint density at radius 2 is 1.74 bits per heavy atom. The Bertz CT molecular complexity index is 241. The van der Waals surface area contributed by atoms with Gasteiger partial charge in [-0.2, -0.15) is 0 Å². The summed E-state index contributed by atoms with van der Waals surface area (Å²) in [5.74, 6) is -0.372. The molecule has 19 heavy (non-hydrogen) atoms. The quantitative estimate of drug-likeness (QED) is 0.495. The van der Waals surface area contributed by atoms with Crippen LogP contribution in [0.5, 0.6) is 0 Å². The molecule has 0 aliphatic heterocycles. The third-order valence-electron chi connectivity index (χ3n) is 2.75. The number of aliphatic hydroxyl groups excluding tert-OH is 3. The van der Waals surface area contributed by atoms with Crippen LogP contribution in [0.15, 0.2) is 0 Å². The average molecular weight is 278 g/mol. The number of esters is 1. The number of hydrogen-bond acceptors (Lipinski definition) is 6. The molecule has 0 rings (SSSR count). The second-order valence-electron chi connectivity index (χ2n) is 4.70. The Labute approximate surface area is 114 Å². The highest BCUT2D eigenvalue weighted by molar-refractivity contribution is 5.66. The molecule has 3 unspecified atom stereocenters. The van der Waals surface area contributed by atoms with Crippen molar-refractivity contribution in [2.24, 2.45) is 0 Å². The minimum Gasteiger partial charge on any atom is -0.463 e. The van der Waals surface area contributed by atoms with Crippen LogP contribution in [0, 0.1) is 0 Å². The van der Waals surface area contributed by atoms with Crippen LogP contribution in [0.25, 0.3) is 0 Å². The van der Waals surface area contributed by atoms with E-state index in [4.69, 9.17) is 19.7 Å². The van der Waals surface area contributed by atoms with Crippen molar-refractivity contribution in [3.05, 3.63) is 0 Å². The maximum atomic E-state index is 10.8. The van der Waals surface area contributed by atoms with Crippen molar-refractivity contribution in [1.29, 1.82) is 0 Å². The van der Waals surface area contributed by atoms with Gasteiger partial charge in [-0.15, -0.1) is 0 Å². The number of rotatable bonds is 10. The molecule has 0 saturated heterocycles. The molecule has 0 bridgehead atoms. The summed E-state index contributed by atoms with van der Waals surface area (Å²) in [7, 11) is 0. The first-order valence-corrected chi connectivity index (χ1v) is 6.65. The maximum Gasteiger partial charge on any atom is 0.302 e. The fourth-order valence-corrected chi connectivity index (χ4v) is 1.85. The Morgan fingerprint density at radius 1 is 1.16 bits per heavy atom. The van der Waals surface area contributed by atoms with Crippen molar-refractivity contribution in [2.45, 2.75) is 64.4 Å². The zero-order valence-corrected chi connectivity index (χ0v) is 11.9. The SMILES string of the molecule is CCC(CC(O)CC(C)OC(C)=O)OC(CO)CO. The molecule has 0 aromatic carbocycles. The van der Waals surface area contributed by atoms with Gasteiger partial charge in [0.05, 0.1) is 25.4 Å². The van der Waals surface area contributed by atoms with Crippen LogP contribution in [-0.2, 0) is 14.3 Å². The van der Waals surface area contributed by atoms with Crippen LogP contribution >= 0.6 is 0 Å². The fraction of sp³-hybridized carbons (Fsp3) is 0.923. The van der Waals surface area contributed by atoms with Crippen LogP contribution in [-0.4, -0.2) is 58.9 Å². The van der Waals surface area contributed by atoms with E-state index in [9.17, 15) is 9.90 Å². The molecule has 0 radical (unpaired) electrons. The highest BCUT2D eigenvalue weighted by Gasteiger charge is 2.20. The molecule has 0 heterocycles. The predicted octanol–water partition coefficient (Wildman–Crippen LogP) is 0.227. The molecule has 3 N–H and O–H groups in total. The molecule has 0 aliphatic rings. The Morgan fingerprint density at radius 3 is 2.16 bits per heavy atom. The number of ether oxygens (including phenoxy) is 2. The molecule has 6 nitrogen and oxygen atoms in total. The van der Waals surface area contributed by atoms with Gasteiger partial charge in [-0.05, 0) is 19.8 Å². The first-order chi connectivity index (χ1) is 8.92. The van der Waals surface area contributed by atoms with E-state index in [-0.39, 0.29) is 31.4 Å². The van der Waals surface area contributed by atoms with E-state index in [1.807, 2.05) is 6.92 Å². The van der Waals surface area contributed by atoms with Crippen molar-refractivity contribution >= 4 is 5.97 Å². The third kappa shape index (κ3) is 8.93. The van der Waals surface area contributed by atoms with Crippen molar-refractivity contribution < 1.29 is 29.6 Å². The summed E-state index contributed by atoms with van der Waals surface area (Å²) in [6, 6.07) is 0. The van der Waals surface area contributed by atoms with Gasteiger partial charge in [0.25, 0.3) is 0 Å². The smallest absolute Gasteiger partial charge is 0.302 e. The number of aliphatic hydroxyl groups is 3. The molecule has 114 valence electrons. The standard InChI is InChI=1S/C13H26O6/c1-4-12(19-13(7-14)8-15)6-11(17)5-9(2)18-10(3)16/h9,11-15,17H,4-8H2,1-3H3. The molecular weight excluding hydrogens is 252 g/mol. The van der Waals surface area contributed by atoms with Crippen molar-refractivity contribution in [2.75, 3.05) is 13.2 Å². The van der Waals surface area contributed by atoms with Gasteiger partial charge in [-0.3, -0.25) is 4.79 Å². The summed E-state index contributed by atoms with van der Waals surface area (Å²) in [6.45, 7) is 4.43. The zero-order chi connectivity index (χ0) is 14.8. The van der Waals surface area contributed by atoms with E-state index in [2.05, 4.69) is 0 Å². The molecule has 0 spiro atoms. The summed E-state index contributed by atoms with van der Waals surface area (Å²) >= 11 is 0. The molecule has 0 aromatic heterocycles. The van der Waals surface area contributed by atoms with Gasteiger partial charge in [0.2, 0.25) is 0 Å². The maximum absolute atomic E-state index is 10.8.